The second kappa shape index (κ2) is 8.22. The molecular formula is C17H23N5O3S. The van der Waals surface area contributed by atoms with Crippen molar-refractivity contribution in [2.75, 3.05) is 36.3 Å². The zero-order chi connectivity index (χ0) is 18.5. The number of benzene rings is 1. The van der Waals surface area contributed by atoms with Gasteiger partial charge in [-0.2, -0.15) is 0 Å². The van der Waals surface area contributed by atoms with Gasteiger partial charge in [0.2, 0.25) is 10.3 Å². The normalized spacial score (nSPS) is 16.9. The van der Waals surface area contributed by atoms with Crippen LogP contribution in [0.4, 0.5) is 20.7 Å². The number of methoxy groups -OCH3 is 2. The van der Waals surface area contributed by atoms with Crippen LogP contribution >= 0.6 is 11.3 Å². The van der Waals surface area contributed by atoms with Gasteiger partial charge in [-0.05, 0) is 38.3 Å². The maximum atomic E-state index is 12.3. The second-order valence-corrected chi connectivity index (χ2v) is 7.03. The lowest BCUT2D eigenvalue weighted by Crippen LogP contribution is -2.37. The van der Waals surface area contributed by atoms with Crippen LogP contribution in [0.1, 0.15) is 26.2 Å². The Labute approximate surface area is 156 Å². The first-order valence-electron chi connectivity index (χ1n) is 8.51. The topological polar surface area (TPSA) is 88.6 Å². The van der Waals surface area contributed by atoms with E-state index in [1.165, 1.54) is 24.9 Å². The molecule has 2 N–H and O–H groups in total. The van der Waals surface area contributed by atoms with Crippen molar-refractivity contribution < 1.29 is 14.3 Å². The Kier molecular flexibility index (Phi) is 5.77. The fourth-order valence-corrected chi connectivity index (χ4v) is 3.79. The standard InChI is InChI=1S/C17H23N5O3S/c1-11-6-4-5-9-22(11)17-21-20-16(26-17)19-15(23)18-13-8-7-12(24-2)10-14(13)25-3/h7-8,10-11H,4-6,9H2,1-3H3,(H2,18,19,20,23). The van der Waals surface area contributed by atoms with Crippen molar-refractivity contribution in [3.8, 4) is 11.5 Å². The van der Waals surface area contributed by atoms with Gasteiger partial charge in [0, 0.05) is 18.7 Å². The number of hydrogen-bond acceptors (Lipinski definition) is 7. The molecule has 3 rings (SSSR count). The quantitative estimate of drug-likeness (QED) is 0.828. The van der Waals surface area contributed by atoms with E-state index in [1.54, 1.807) is 25.3 Å². The summed E-state index contributed by atoms with van der Waals surface area (Å²) in [6.07, 6.45) is 3.55. The zero-order valence-electron chi connectivity index (χ0n) is 15.1. The fraction of sp³-hybridized carbons (Fsp3) is 0.471. The number of carbonyl (C=O) groups excluding carboxylic acids is 1. The summed E-state index contributed by atoms with van der Waals surface area (Å²) in [6.45, 7) is 3.17. The minimum absolute atomic E-state index is 0.400. The van der Waals surface area contributed by atoms with Crippen LogP contribution in [-0.4, -0.2) is 43.0 Å². The molecule has 8 nitrogen and oxygen atoms in total. The van der Waals surface area contributed by atoms with Gasteiger partial charge in [-0.1, -0.05) is 11.3 Å². The fourth-order valence-electron chi connectivity index (χ4n) is 2.92. The van der Waals surface area contributed by atoms with Crippen molar-refractivity contribution in [3.63, 3.8) is 0 Å². The first-order chi connectivity index (χ1) is 12.6. The Hall–Kier alpha value is -2.55. The molecule has 2 aromatic rings. The number of ether oxygens (including phenoxy) is 2. The highest BCUT2D eigenvalue weighted by atomic mass is 32.1. The molecule has 9 heteroatoms. The first kappa shape index (κ1) is 18.2. The van der Waals surface area contributed by atoms with Gasteiger partial charge in [0.05, 0.1) is 19.9 Å². The molecular weight excluding hydrogens is 354 g/mol. The van der Waals surface area contributed by atoms with Crippen LogP contribution in [-0.2, 0) is 0 Å². The van der Waals surface area contributed by atoms with Crippen LogP contribution in [0.3, 0.4) is 0 Å². The van der Waals surface area contributed by atoms with E-state index in [1.807, 2.05) is 0 Å². The number of urea groups is 1. The lowest BCUT2D eigenvalue weighted by molar-refractivity contribution is 0.262. The van der Waals surface area contributed by atoms with E-state index in [0.29, 0.717) is 28.4 Å². The number of carbonyl (C=O) groups is 1. The Morgan fingerprint density at radius 3 is 2.81 bits per heavy atom. The van der Waals surface area contributed by atoms with Gasteiger partial charge in [0.25, 0.3) is 0 Å². The molecule has 0 bridgehead atoms. The van der Waals surface area contributed by atoms with Crippen molar-refractivity contribution in [2.24, 2.45) is 0 Å². The van der Waals surface area contributed by atoms with Crippen molar-refractivity contribution in [3.05, 3.63) is 18.2 Å². The monoisotopic (exact) mass is 377 g/mol. The number of nitrogens with one attached hydrogen (secondary N) is 2. The van der Waals surface area contributed by atoms with Gasteiger partial charge in [0.15, 0.2) is 0 Å². The molecule has 0 saturated carbocycles. The second-order valence-electron chi connectivity index (χ2n) is 6.07. The highest BCUT2D eigenvalue weighted by Crippen LogP contribution is 2.31. The third-order valence-corrected chi connectivity index (χ3v) is 5.22. The smallest absolute Gasteiger partial charge is 0.325 e. The minimum atomic E-state index is -0.400. The highest BCUT2D eigenvalue weighted by molar-refractivity contribution is 7.19. The molecule has 2 heterocycles. The number of hydrogen-bond donors (Lipinski definition) is 2. The van der Waals surface area contributed by atoms with Crippen LogP contribution in [0.5, 0.6) is 11.5 Å². The Morgan fingerprint density at radius 1 is 1.23 bits per heavy atom. The predicted molar refractivity (Wildman–Crippen MR) is 103 cm³/mol. The molecule has 0 aliphatic carbocycles. The highest BCUT2D eigenvalue weighted by Gasteiger charge is 2.22. The van der Waals surface area contributed by atoms with Gasteiger partial charge in [-0.3, -0.25) is 5.32 Å². The third kappa shape index (κ3) is 4.16. The molecule has 1 fully saturated rings. The van der Waals surface area contributed by atoms with Crippen LogP contribution in [0.25, 0.3) is 0 Å². The predicted octanol–water partition coefficient (Wildman–Crippen LogP) is 3.58. The molecule has 1 aromatic heterocycles. The maximum absolute atomic E-state index is 12.3. The summed E-state index contributed by atoms with van der Waals surface area (Å²) in [5, 5.41) is 15.1. The average molecular weight is 377 g/mol. The third-order valence-electron chi connectivity index (χ3n) is 4.34. The maximum Gasteiger partial charge on any atom is 0.325 e. The largest absolute Gasteiger partial charge is 0.497 e. The summed E-state index contributed by atoms with van der Waals surface area (Å²) in [5.74, 6) is 1.16. The summed E-state index contributed by atoms with van der Waals surface area (Å²) in [5.41, 5.74) is 0.542. The van der Waals surface area contributed by atoms with Gasteiger partial charge in [0.1, 0.15) is 11.5 Å². The van der Waals surface area contributed by atoms with E-state index >= 15 is 0 Å². The van der Waals surface area contributed by atoms with E-state index in [9.17, 15) is 4.79 Å². The lowest BCUT2D eigenvalue weighted by atomic mass is 10.1. The lowest BCUT2D eigenvalue weighted by Gasteiger charge is -2.32. The van der Waals surface area contributed by atoms with E-state index < -0.39 is 6.03 Å². The molecule has 140 valence electrons. The van der Waals surface area contributed by atoms with Crippen molar-refractivity contribution >= 4 is 33.3 Å². The minimum Gasteiger partial charge on any atom is -0.497 e. The number of nitrogens with zero attached hydrogens (tertiary/aromatic N) is 3. The molecule has 1 aromatic carbocycles. The molecule has 1 saturated heterocycles. The van der Waals surface area contributed by atoms with E-state index in [4.69, 9.17) is 9.47 Å². The molecule has 0 spiro atoms. The van der Waals surface area contributed by atoms with Gasteiger partial charge >= 0.3 is 6.03 Å². The summed E-state index contributed by atoms with van der Waals surface area (Å²) in [4.78, 5) is 14.5. The molecule has 1 unspecified atom stereocenters. The van der Waals surface area contributed by atoms with Crippen LogP contribution in [0.15, 0.2) is 18.2 Å². The molecule has 1 atom stereocenters. The van der Waals surface area contributed by atoms with E-state index in [0.717, 1.165) is 24.5 Å². The molecule has 26 heavy (non-hydrogen) atoms. The summed E-state index contributed by atoms with van der Waals surface area (Å²) in [7, 11) is 3.11. The number of anilines is 3. The molecule has 0 radical (unpaired) electrons. The Morgan fingerprint density at radius 2 is 2.08 bits per heavy atom. The van der Waals surface area contributed by atoms with Crippen molar-refractivity contribution in [1.82, 2.24) is 10.2 Å². The Bertz CT molecular complexity index is 767. The zero-order valence-corrected chi connectivity index (χ0v) is 15.9. The van der Waals surface area contributed by atoms with Gasteiger partial charge in [-0.25, -0.2) is 4.79 Å². The number of aromatic nitrogens is 2. The number of amides is 2. The number of rotatable bonds is 5. The first-order valence-corrected chi connectivity index (χ1v) is 9.32. The van der Waals surface area contributed by atoms with E-state index in [2.05, 4.69) is 32.7 Å². The van der Waals surface area contributed by atoms with Gasteiger partial charge < -0.3 is 19.7 Å². The van der Waals surface area contributed by atoms with Gasteiger partial charge in [-0.15, -0.1) is 10.2 Å². The van der Waals surface area contributed by atoms with Crippen molar-refractivity contribution in [2.45, 2.75) is 32.2 Å². The van der Waals surface area contributed by atoms with E-state index in [-0.39, 0.29) is 0 Å². The number of piperidine rings is 1. The summed E-state index contributed by atoms with van der Waals surface area (Å²) >= 11 is 1.38. The summed E-state index contributed by atoms with van der Waals surface area (Å²) < 4.78 is 10.4. The molecule has 2 amide bonds. The average Bonchev–Trinajstić information content (AvgIpc) is 3.10. The Balaban J connectivity index is 1.64. The van der Waals surface area contributed by atoms with Crippen molar-refractivity contribution in [1.29, 1.82) is 0 Å². The molecule has 1 aliphatic heterocycles. The van der Waals surface area contributed by atoms with Crippen LogP contribution in [0.2, 0.25) is 0 Å². The molecule has 1 aliphatic rings. The summed E-state index contributed by atoms with van der Waals surface area (Å²) in [6, 6.07) is 5.22. The van der Waals surface area contributed by atoms with Crippen LogP contribution in [0, 0.1) is 0 Å². The van der Waals surface area contributed by atoms with Crippen LogP contribution < -0.4 is 25.0 Å². The SMILES string of the molecule is COc1ccc(NC(=O)Nc2nnc(N3CCCCC3C)s2)c(OC)c1.